The van der Waals surface area contributed by atoms with Gasteiger partial charge in [0.25, 0.3) is 0 Å². The van der Waals surface area contributed by atoms with Crippen LogP contribution < -0.4 is 0 Å². The number of aliphatic hydroxyl groups excluding tert-OH is 1. The predicted molar refractivity (Wildman–Crippen MR) is 90.7 cm³/mol. The lowest BCUT2D eigenvalue weighted by atomic mass is 9.96. The Morgan fingerprint density at radius 2 is 2.14 bits per heavy atom. The average molecular weight is 292 g/mol. The Labute approximate surface area is 130 Å². The van der Waals surface area contributed by atoms with E-state index in [0.29, 0.717) is 6.42 Å². The molecule has 3 nitrogen and oxygen atoms in total. The van der Waals surface area contributed by atoms with Crippen molar-refractivity contribution in [1.29, 1.82) is 0 Å². The fourth-order valence-corrected chi connectivity index (χ4v) is 2.86. The van der Waals surface area contributed by atoms with Crippen molar-refractivity contribution in [3.05, 3.63) is 71.7 Å². The van der Waals surface area contributed by atoms with Crippen LogP contribution in [-0.2, 0) is 12.8 Å². The second-order valence-corrected chi connectivity index (χ2v) is 5.46. The monoisotopic (exact) mass is 292 g/mol. The summed E-state index contributed by atoms with van der Waals surface area (Å²) in [4.78, 5) is 7.54. The summed E-state index contributed by atoms with van der Waals surface area (Å²) >= 11 is 0. The van der Waals surface area contributed by atoms with E-state index < -0.39 is 6.10 Å². The normalized spacial score (nSPS) is 12.5. The molecule has 0 bridgehead atoms. The van der Waals surface area contributed by atoms with Gasteiger partial charge in [-0.2, -0.15) is 0 Å². The van der Waals surface area contributed by atoms with Gasteiger partial charge < -0.3 is 10.1 Å². The number of rotatable bonds is 5. The van der Waals surface area contributed by atoms with E-state index in [1.165, 1.54) is 0 Å². The molecule has 1 atom stereocenters. The molecule has 3 aromatic rings. The molecular formula is C19H20N2O. The Balaban J connectivity index is 1.94. The van der Waals surface area contributed by atoms with Crippen LogP contribution in [0, 0.1) is 0 Å². The Morgan fingerprint density at radius 1 is 1.32 bits per heavy atom. The van der Waals surface area contributed by atoms with Crippen LogP contribution in [0.15, 0.2) is 49.3 Å². The van der Waals surface area contributed by atoms with Gasteiger partial charge in [0.1, 0.15) is 0 Å². The van der Waals surface area contributed by atoms with Crippen molar-refractivity contribution in [3.8, 4) is 0 Å². The lowest BCUT2D eigenvalue weighted by molar-refractivity contribution is 0.174. The Bertz CT molecular complexity index is 771. The number of nitrogens with one attached hydrogen (secondary N) is 1. The van der Waals surface area contributed by atoms with Gasteiger partial charge in [-0.3, -0.25) is 4.98 Å². The van der Waals surface area contributed by atoms with E-state index in [-0.39, 0.29) is 0 Å². The van der Waals surface area contributed by atoms with Crippen LogP contribution in [0.1, 0.15) is 35.4 Å². The van der Waals surface area contributed by atoms with Gasteiger partial charge >= 0.3 is 0 Å². The highest BCUT2D eigenvalue weighted by Crippen LogP contribution is 2.26. The molecule has 0 saturated heterocycles. The van der Waals surface area contributed by atoms with Crippen molar-refractivity contribution in [3.63, 3.8) is 0 Å². The number of para-hydroxylation sites is 1. The minimum absolute atomic E-state index is 0.555. The van der Waals surface area contributed by atoms with E-state index in [1.807, 2.05) is 36.5 Å². The number of benzene rings is 1. The SMILES string of the molecule is C=Cc1cncc(CC)c1CC(O)c1cc2ccccc2[nH]1. The zero-order valence-corrected chi connectivity index (χ0v) is 12.7. The van der Waals surface area contributed by atoms with Crippen LogP contribution in [0.25, 0.3) is 17.0 Å². The number of aromatic amines is 1. The Morgan fingerprint density at radius 3 is 2.86 bits per heavy atom. The fourth-order valence-electron chi connectivity index (χ4n) is 2.86. The van der Waals surface area contributed by atoms with Crippen molar-refractivity contribution in [2.45, 2.75) is 25.9 Å². The molecule has 3 rings (SSSR count). The molecule has 0 radical (unpaired) electrons. The summed E-state index contributed by atoms with van der Waals surface area (Å²) in [7, 11) is 0. The van der Waals surface area contributed by atoms with E-state index in [2.05, 4.69) is 23.5 Å². The highest BCUT2D eigenvalue weighted by molar-refractivity contribution is 5.80. The maximum Gasteiger partial charge on any atom is 0.0978 e. The maximum absolute atomic E-state index is 10.6. The molecule has 1 unspecified atom stereocenters. The van der Waals surface area contributed by atoms with Crippen molar-refractivity contribution in [1.82, 2.24) is 9.97 Å². The first-order valence-electron chi connectivity index (χ1n) is 7.56. The van der Waals surface area contributed by atoms with E-state index in [4.69, 9.17) is 0 Å². The molecule has 0 spiro atoms. The zero-order chi connectivity index (χ0) is 15.5. The van der Waals surface area contributed by atoms with Crippen LogP contribution in [0.4, 0.5) is 0 Å². The Hall–Kier alpha value is -2.39. The van der Waals surface area contributed by atoms with Gasteiger partial charge in [0.15, 0.2) is 0 Å². The van der Waals surface area contributed by atoms with Gasteiger partial charge in [-0.1, -0.05) is 37.8 Å². The quantitative estimate of drug-likeness (QED) is 0.745. The number of nitrogens with zero attached hydrogens (tertiary/aromatic N) is 1. The third-order valence-electron chi connectivity index (χ3n) is 4.09. The van der Waals surface area contributed by atoms with Gasteiger partial charge in [0, 0.05) is 30.0 Å². The van der Waals surface area contributed by atoms with Crippen molar-refractivity contribution in [2.24, 2.45) is 0 Å². The Kier molecular flexibility index (Phi) is 4.07. The number of hydrogen-bond acceptors (Lipinski definition) is 2. The summed E-state index contributed by atoms with van der Waals surface area (Å²) in [5.41, 5.74) is 5.17. The minimum atomic E-state index is -0.571. The highest BCUT2D eigenvalue weighted by atomic mass is 16.3. The van der Waals surface area contributed by atoms with Crippen LogP contribution in [0.5, 0.6) is 0 Å². The number of aromatic nitrogens is 2. The first kappa shape index (κ1) is 14.5. The number of aryl methyl sites for hydroxylation is 1. The number of pyridine rings is 1. The molecule has 0 aliphatic carbocycles. The van der Waals surface area contributed by atoms with E-state index >= 15 is 0 Å². The van der Waals surface area contributed by atoms with E-state index in [1.54, 1.807) is 12.3 Å². The van der Waals surface area contributed by atoms with E-state index in [0.717, 1.165) is 39.7 Å². The van der Waals surface area contributed by atoms with Gasteiger partial charge in [0.05, 0.1) is 6.10 Å². The fraction of sp³-hybridized carbons (Fsp3) is 0.211. The molecule has 0 fully saturated rings. The first-order chi connectivity index (χ1) is 10.7. The van der Waals surface area contributed by atoms with Crippen LogP contribution in [0.3, 0.4) is 0 Å². The molecule has 112 valence electrons. The molecule has 1 aromatic carbocycles. The summed E-state index contributed by atoms with van der Waals surface area (Å²) in [6.07, 6.45) is 6.36. The molecule has 0 amide bonds. The summed E-state index contributed by atoms with van der Waals surface area (Å²) < 4.78 is 0. The van der Waals surface area contributed by atoms with Crippen LogP contribution in [-0.4, -0.2) is 15.1 Å². The van der Waals surface area contributed by atoms with Crippen molar-refractivity contribution < 1.29 is 5.11 Å². The zero-order valence-electron chi connectivity index (χ0n) is 12.7. The molecule has 2 aromatic heterocycles. The predicted octanol–water partition coefficient (Wildman–Crippen LogP) is 4.04. The number of fused-ring (bicyclic) bond motifs is 1. The molecule has 2 heterocycles. The summed E-state index contributed by atoms with van der Waals surface area (Å²) in [5, 5.41) is 11.7. The summed E-state index contributed by atoms with van der Waals surface area (Å²) in [6.45, 7) is 5.95. The minimum Gasteiger partial charge on any atom is -0.387 e. The standard InChI is InChI=1S/C19H20N2O/c1-3-13-11-20-12-14(4-2)16(13)10-19(22)18-9-15-7-5-6-8-17(15)21-18/h3,5-9,11-12,19,21-22H,1,4,10H2,2H3. The lowest BCUT2D eigenvalue weighted by Gasteiger charge is -2.14. The van der Waals surface area contributed by atoms with E-state index in [9.17, 15) is 5.11 Å². The third-order valence-corrected chi connectivity index (χ3v) is 4.09. The van der Waals surface area contributed by atoms with Gasteiger partial charge in [-0.05, 0) is 40.6 Å². The van der Waals surface area contributed by atoms with Crippen molar-refractivity contribution in [2.75, 3.05) is 0 Å². The van der Waals surface area contributed by atoms with Gasteiger partial charge in [0.2, 0.25) is 0 Å². The molecule has 0 aliphatic rings. The average Bonchev–Trinajstić information content (AvgIpc) is 2.99. The number of aliphatic hydroxyl groups is 1. The molecule has 22 heavy (non-hydrogen) atoms. The first-order valence-corrected chi connectivity index (χ1v) is 7.56. The molecular weight excluding hydrogens is 272 g/mol. The lowest BCUT2D eigenvalue weighted by Crippen LogP contribution is -2.07. The molecule has 3 heteroatoms. The number of hydrogen-bond donors (Lipinski definition) is 2. The number of H-pyrrole nitrogens is 1. The highest BCUT2D eigenvalue weighted by Gasteiger charge is 2.15. The van der Waals surface area contributed by atoms with Crippen LogP contribution in [0.2, 0.25) is 0 Å². The molecule has 0 aliphatic heterocycles. The van der Waals surface area contributed by atoms with Crippen LogP contribution >= 0.6 is 0 Å². The maximum atomic E-state index is 10.6. The second-order valence-electron chi connectivity index (χ2n) is 5.46. The molecule has 0 saturated carbocycles. The smallest absolute Gasteiger partial charge is 0.0978 e. The third kappa shape index (κ3) is 2.68. The molecule has 2 N–H and O–H groups in total. The summed E-state index contributed by atoms with van der Waals surface area (Å²) in [6, 6.07) is 10.1. The second kappa shape index (κ2) is 6.16. The largest absolute Gasteiger partial charge is 0.387 e. The summed E-state index contributed by atoms with van der Waals surface area (Å²) in [5.74, 6) is 0. The van der Waals surface area contributed by atoms with Gasteiger partial charge in [-0.25, -0.2) is 0 Å². The van der Waals surface area contributed by atoms with Crippen molar-refractivity contribution >= 4 is 17.0 Å². The van der Waals surface area contributed by atoms with Gasteiger partial charge in [-0.15, -0.1) is 0 Å². The topological polar surface area (TPSA) is 48.9 Å².